The number of aromatic hydroxyl groups is 2. The van der Waals surface area contributed by atoms with Crippen molar-refractivity contribution in [2.75, 3.05) is 19.1 Å². The van der Waals surface area contributed by atoms with Crippen LogP contribution in [0.4, 0.5) is 17.1 Å². The molecule has 5 aromatic carbocycles. The molecule has 0 unspecified atom stereocenters. The summed E-state index contributed by atoms with van der Waals surface area (Å²) in [7, 11) is 3.32. The van der Waals surface area contributed by atoms with Gasteiger partial charge in [0.05, 0.1) is 14.2 Å². The van der Waals surface area contributed by atoms with Crippen molar-refractivity contribution in [3.8, 4) is 23.0 Å². The minimum atomic E-state index is -0.0688. The Morgan fingerprint density at radius 1 is 0.447 bits per heavy atom. The molecule has 0 spiro atoms. The number of hydrogen-bond acceptors (Lipinski definition) is 5. The smallest absolute Gasteiger partial charge is 0.119 e. The van der Waals surface area contributed by atoms with Crippen molar-refractivity contribution >= 4 is 17.1 Å². The third kappa shape index (κ3) is 5.27. The van der Waals surface area contributed by atoms with Gasteiger partial charge in [-0.15, -0.1) is 0 Å². The van der Waals surface area contributed by atoms with E-state index >= 15 is 0 Å². The zero-order valence-corrected chi connectivity index (χ0v) is 21.3. The van der Waals surface area contributed by atoms with Crippen molar-refractivity contribution in [1.82, 2.24) is 0 Å². The van der Waals surface area contributed by atoms with Gasteiger partial charge in [-0.3, -0.25) is 0 Å². The molecular weight excluding hydrogens is 474 g/mol. The molecule has 0 aliphatic rings. The van der Waals surface area contributed by atoms with E-state index in [-0.39, 0.29) is 17.4 Å². The van der Waals surface area contributed by atoms with Gasteiger partial charge in [-0.05, 0) is 102 Å². The summed E-state index contributed by atoms with van der Waals surface area (Å²) in [6, 6.07) is 38.9. The van der Waals surface area contributed by atoms with Gasteiger partial charge in [0, 0.05) is 23.0 Å². The summed E-state index contributed by atoms with van der Waals surface area (Å²) in [4.78, 5) is 2.18. The largest absolute Gasteiger partial charge is 0.508 e. The second kappa shape index (κ2) is 11.0. The monoisotopic (exact) mass is 503 g/mol. The van der Waals surface area contributed by atoms with E-state index in [0.29, 0.717) is 0 Å². The van der Waals surface area contributed by atoms with E-state index in [1.54, 1.807) is 38.5 Å². The molecule has 38 heavy (non-hydrogen) atoms. The van der Waals surface area contributed by atoms with Crippen LogP contribution in [-0.2, 0) is 0 Å². The number of phenolic OH excluding ortho intramolecular Hbond substituents is 2. The fraction of sp³-hybridized carbons (Fsp3) is 0.0909. The van der Waals surface area contributed by atoms with Gasteiger partial charge in [0.1, 0.15) is 23.0 Å². The maximum atomic E-state index is 9.84. The molecule has 0 amide bonds. The van der Waals surface area contributed by atoms with Crippen LogP contribution < -0.4 is 14.4 Å². The van der Waals surface area contributed by atoms with Crippen LogP contribution >= 0.6 is 0 Å². The van der Waals surface area contributed by atoms with Crippen LogP contribution in [0.2, 0.25) is 0 Å². The van der Waals surface area contributed by atoms with Crippen LogP contribution in [0, 0.1) is 0 Å². The fourth-order valence-corrected chi connectivity index (χ4v) is 4.64. The Balaban J connectivity index is 1.56. The molecule has 0 aliphatic carbocycles. The lowest BCUT2D eigenvalue weighted by molar-refractivity contribution is 0.415. The van der Waals surface area contributed by atoms with Gasteiger partial charge in [-0.2, -0.15) is 0 Å². The molecule has 5 rings (SSSR count). The quantitative estimate of drug-likeness (QED) is 0.212. The van der Waals surface area contributed by atoms with Gasteiger partial charge < -0.3 is 24.6 Å². The Morgan fingerprint density at radius 2 is 0.737 bits per heavy atom. The second-order valence-electron chi connectivity index (χ2n) is 8.94. The van der Waals surface area contributed by atoms with Crippen LogP contribution in [-0.4, -0.2) is 24.4 Å². The Kier molecular flexibility index (Phi) is 7.18. The summed E-state index contributed by atoms with van der Waals surface area (Å²) < 4.78 is 10.7. The van der Waals surface area contributed by atoms with E-state index in [1.165, 1.54) is 0 Å². The van der Waals surface area contributed by atoms with Gasteiger partial charge in [0.25, 0.3) is 0 Å². The first kappa shape index (κ1) is 24.8. The van der Waals surface area contributed by atoms with Crippen molar-refractivity contribution < 1.29 is 19.7 Å². The molecule has 0 fully saturated rings. The zero-order chi connectivity index (χ0) is 26.5. The van der Waals surface area contributed by atoms with Gasteiger partial charge in [0.2, 0.25) is 0 Å². The Labute approximate surface area is 222 Å². The zero-order valence-electron chi connectivity index (χ0n) is 21.3. The first-order valence-electron chi connectivity index (χ1n) is 12.3. The summed E-state index contributed by atoms with van der Waals surface area (Å²) in [5.74, 6) is 1.97. The Bertz CT molecular complexity index is 1370. The van der Waals surface area contributed by atoms with E-state index in [2.05, 4.69) is 29.2 Å². The summed E-state index contributed by atoms with van der Waals surface area (Å²) in [6.45, 7) is 0. The summed E-state index contributed by atoms with van der Waals surface area (Å²) >= 11 is 0. The van der Waals surface area contributed by atoms with Crippen molar-refractivity contribution in [3.05, 3.63) is 138 Å². The lowest BCUT2D eigenvalue weighted by Gasteiger charge is -2.27. The first-order valence-corrected chi connectivity index (χ1v) is 12.3. The second-order valence-corrected chi connectivity index (χ2v) is 8.94. The van der Waals surface area contributed by atoms with Crippen molar-refractivity contribution in [1.29, 1.82) is 0 Å². The summed E-state index contributed by atoms with van der Waals surface area (Å²) in [6.07, 6.45) is 0. The summed E-state index contributed by atoms with van der Waals surface area (Å²) in [5.41, 5.74) is 6.18. The first-order chi connectivity index (χ1) is 18.6. The van der Waals surface area contributed by atoms with E-state index in [1.807, 2.05) is 72.8 Å². The molecular formula is C33H29NO4. The standard InChI is InChI=1S/C33H29NO4/c1-37-31-19-11-27(12-20-31)34(28-13-21-32(38-2)22-14-28)26-9-3-23(4-10-26)33(24-5-15-29(35)16-6-24)25-7-17-30(36)18-8-25/h3-22,33,35-36H,1-2H3. The van der Waals surface area contributed by atoms with E-state index < -0.39 is 0 Å². The molecule has 0 saturated heterocycles. The highest BCUT2D eigenvalue weighted by atomic mass is 16.5. The number of phenols is 2. The number of anilines is 3. The predicted octanol–water partition coefficient (Wildman–Crippen LogP) is 7.77. The van der Waals surface area contributed by atoms with Gasteiger partial charge in [-0.25, -0.2) is 0 Å². The number of ether oxygens (including phenoxy) is 2. The molecule has 0 heterocycles. The van der Waals surface area contributed by atoms with Crippen molar-refractivity contribution in [2.45, 2.75) is 5.92 Å². The topological polar surface area (TPSA) is 62.2 Å². The minimum absolute atomic E-state index is 0.0688. The molecule has 5 aromatic rings. The molecule has 0 radical (unpaired) electrons. The fourth-order valence-electron chi connectivity index (χ4n) is 4.64. The van der Waals surface area contributed by atoms with Gasteiger partial charge in [-0.1, -0.05) is 36.4 Å². The summed E-state index contributed by atoms with van der Waals surface area (Å²) in [5, 5.41) is 19.7. The Hall–Kier alpha value is -4.90. The highest BCUT2D eigenvalue weighted by molar-refractivity contribution is 5.77. The lowest BCUT2D eigenvalue weighted by Crippen LogP contribution is -2.10. The van der Waals surface area contributed by atoms with Crippen LogP contribution in [0.1, 0.15) is 22.6 Å². The van der Waals surface area contributed by atoms with E-state index in [9.17, 15) is 10.2 Å². The van der Waals surface area contributed by atoms with Crippen molar-refractivity contribution in [3.63, 3.8) is 0 Å². The SMILES string of the molecule is COc1ccc(N(c2ccc(OC)cc2)c2ccc(C(c3ccc(O)cc3)c3ccc(O)cc3)cc2)cc1. The van der Waals surface area contributed by atoms with E-state index in [0.717, 1.165) is 45.3 Å². The highest BCUT2D eigenvalue weighted by Crippen LogP contribution is 2.39. The van der Waals surface area contributed by atoms with Crippen LogP contribution in [0.3, 0.4) is 0 Å². The molecule has 2 N–H and O–H groups in total. The molecule has 0 bridgehead atoms. The lowest BCUT2D eigenvalue weighted by atomic mass is 9.85. The van der Waals surface area contributed by atoms with Crippen molar-refractivity contribution in [2.24, 2.45) is 0 Å². The molecule has 5 heteroatoms. The minimum Gasteiger partial charge on any atom is -0.508 e. The predicted molar refractivity (Wildman–Crippen MR) is 151 cm³/mol. The number of nitrogens with zero attached hydrogens (tertiary/aromatic N) is 1. The third-order valence-electron chi connectivity index (χ3n) is 6.60. The van der Waals surface area contributed by atoms with Crippen LogP contribution in [0.5, 0.6) is 23.0 Å². The third-order valence-corrected chi connectivity index (χ3v) is 6.60. The number of methoxy groups -OCH3 is 2. The van der Waals surface area contributed by atoms with E-state index in [4.69, 9.17) is 9.47 Å². The van der Waals surface area contributed by atoms with Crippen LogP contribution in [0.25, 0.3) is 0 Å². The molecule has 0 saturated carbocycles. The number of rotatable bonds is 8. The normalized spacial score (nSPS) is 10.8. The molecule has 0 atom stereocenters. The average molecular weight is 504 g/mol. The number of benzene rings is 5. The van der Waals surface area contributed by atoms with Gasteiger partial charge in [0.15, 0.2) is 0 Å². The molecule has 5 nitrogen and oxygen atoms in total. The van der Waals surface area contributed by atoms with Gasteiger partial charge >= 0.3 is 0 Å². The molecule has 190 valence electrons. The number of hydrogen-bond donors (Lipinski definition) is 2. The van der Waals surface area contributed by atoms with Crippen LogP contribution in [0.15, 0.2) is 121 Å². The maximum absolute atomic E-state index is 9.84. The average Bonchev–Trinajstić information content (AvgIpc) is 2.97. The maximum Gasteiger partial charge on any atom is 0.119 e. The highest BCUT2D eigenvalue weighted by Gasteiger charge is 2.19. The Morgan fingerprint density at radius 3 is 1.05 bits per heavy atom. The molecule has 0 aromatic heterocycles. The molecule has 0 aliphatic heterocycles.